The lowest BCUT2D eigenvalue weighted by molar-refractivity contribution is 0.314. The molecular formula is C11H16OS. The molecule has 0 aliphatic carbocycles. The smallest absolute Gasteiger partial charge is 0.125 e. The summed E-state index contributed by atoms with van der Waals surface area (Å²) in [6.45, 7) is 4.90. The van der Waals surface area contributed by atoms with E-state index in [-0.39, 0.29) is 0 Å². The van der Waals surface area contributed by atoms with Crippen LogP contribution in [0.5, 0.6) is 5.75 Å². The molecule has 72 valence electrons. The van der Waals surface area contributed by atoms with Crippen LogP contribution in [0.1, 0.15) is 17.5 Å². The van der Waals surface area contributed by atoms with Crippen molar-refractivity contribution in [1.82, 2.24) is 0 Å². The number of thiol groups is 1. The van der Waals surface area contributed by atoms with E-state index in [9.17, 15) is 0 Å². The fourth-order valence-electron chi connectivity index (χ4n) is 1.27. The van der Waals surface area contributed by atoms with E-state index in [1.807, 2.05) is 0 Å². The first-order chi connectivity index (χ1) is 6.25. The lowest BCUT2D eigenvalue weighted by Crippen LogP contribution is -2.00. The summed E-state index contributed by atoms with van der Waals surface area (Å²) in [7, 11) is 0. The quantitative estimate of drug-likeness (QED) is 0.575. The third kappa shape index (κ3) is 2.96. The first-order valence-electron chi connectivity index (χ1n) is 4.55. The normalized spacial score (nSPS) is 10.1. The van der Waals surface area contributed by atoms with Gasteiger partial charge in [-0.25, -0.2) is 0 Å². The van der Waals surface area contributed by atoms with Crippen molar-refractivity contribution < 1.29 is 4.74 Å². The predicted molar refractivity (Wildman–Crippen MR) is 59.9 cm³/mol. The van der Waals surface area contributed by atoms with Crippen molar-refractivity contribution in [3.8, 4) is 5.75 Å². The van der Waals surface area contributed by atoms with Crippen molar-refractivity contribution >= 4 is 12.6 Å². The summed E-state index contributed by atoms with van der Waals surface area (Å²) >= 11 is 4.14. The van der Waals surface area contributed by atoms with E-state index in [0.29, 0.717) is 0 Å². The van der Waals surface area contributed by atoms with Crippen LogP contribution in [0.25, 0.3) is 0 Å². The summed E-state index contributed by atoms with van der Waals surface area (Å²) in [5, 5.41) is 0. The zero-order valence-corrected chi connectivity index (χ0v) is 9.10. The van der Waals surface area contributed by atoms with Gasteiger partial charge >= 0.3 is 0 Å². The molecule has 0 bridgehead atoms. The molecule has 0 heterocycles. The van der Waals surface area contributed by atoms with Crippen molar-refractivity contribution in [2.75, 3.05) is 12.4 Å². The number of hydrogen-bond acceptors (Lipinski definition) is 2. The number of ether oxygens (including phenoxy) is 1. The molecule has 0 amide bonds. The van der Waals surface area contributed by atoms with Crippen LogP contribution in [0.2, 0.25) is 0 Å². The van der Waals surface area contributed by atoms with Gasteiger partial charge in [0.05, 0.1) is 6.61 Å². The summed E-state index contributed by atoms with van der Waals surface area (Å²) in [6, 6.07) is 6.20. The highest BCUT2D eigenvalue weighted by atomic mass is 32.1. The van der Waals surface area contributed by atoms with Crippen LogP contribution >= 0.6 is 12.6 Å². The fourth-order valence-corrected chi connectivity index (χ4v) is 1.39. The molecule has 1 aromatic carbocycles. The Balaban J connectivity index is 2.64. The van der Waals surface area contributed by atoms with Crippen molar-refractivity contribution in [2.24, 2.45) is 0 Å². The summed E-state index contributed by atoms with van der Waals surface area (Å²) in [5.74, 6) is 1.91. The first kappa shape index (κ1) is 10.5. The Hall–Kier alpha value is -0.630. The zero-order valence-electron chi connectivity index (χ0n) is 8.21. The average Bonchev–Trinajstić information content (AvgIpc) is 2.10. The monoisotopic (exact) mass is 196 g/mol. The van der Waals surface area contributed by atoms with E-state index < -0.39 is 0 Å². The molecule has 0 saturated heterocycles. The highest BCUT2D eigenvalue weighted by molar-refractivity contribution is 7.80. The van der Waals surface area contributed by atoms with Gasteiger partial charge in [0.1, 0.15) is 5.75 Å². The van der Waals surface area contributed by atoms with E-state index in [0.717, 1.165) is 24.5 Å². The molecule has 2 heteroatoms. The van der Waals surface area contributed by atoms with Gasteiger partial charge in [-0.05, 0) is 37.1 Å². The summed E-state index contributed by atoms with van der Waals surface area (Å²) in [5.41, 5.74) is 2.42. The molecule has 0 aliphatic rings. The molecule has 0 fully saturated rings. The second-order valence-electron chi connectivity index (χ2n) is 3.15. The largest absolute Gasteiger partial charge is 0.493 e. The number of hydrogen-bond donors (Lipinski definition) is 1. The molecule has 0 unspecified atom stereocenters. The van der Waals surface area contributed by atoms with Crippen LogP contribution in [-0.2, 0) is 0 Å². The Morgan fingerprint density at radius 2 is 1.85 bits per heavy atom. The molecular weight excluding hydrogens is 180 g/mol. The van der Waals surface area contributed by atoms with Crippen LogP contribution in [0.15, 0.2) is 18.2 Å². The molecule has 0 radical (unpaired) electrons. The third-order valence-corrected chi connectivity index (χ3v) is 2.27. The van der Waals surface area contributed by atoms with Crippen molar-refractivity contribution in [3.63, 3.8) is 0 Å². The standard InChI is InChI=1S/C11H16OS/c1-9-5-3-6-10(2)11(9)12-7-4-8-13/h3,5-6,13H,4,7-8H2,1-2H3. The summed E-state index contributed by atoms with van der Waals surface area (Å²) < 4.78 is 5.66. The van der Waals surface area contributed by atoms with Gasteiger partial charge in [-0.3, -0.25) is 0 Å². The van der Waals surface area contributed by atoms with Crippen LogP contribution < -0.4 is 4.74 Å². The van der Waals surface area contributed by atoms with E-state index in [4.69, 9.17) is 4.74 Å². The van der Waals surface area contributed by atoms with Gasteiger partial charge in [0.2, 0.25) is 0 Å². The summed E-state index contributed by atoms with van der Waals surface area (Å²) in [4.78, 5) is 0. The first-order valence-corrected chi connectivity index (χ1v) is 5.19. The van der Waals surface area contributed by atoms with Gasteiger partial charge in [-0.15, -0.1) is 0 Å². The van der Waals surface area contributed by atoms with Crippen molar-refractivity contribution in [1.29, 1.82) is 0 Å². The number of rotatable bonds is 4. The lowest BCUT2D eigenvalue weighted by Gasteiger charge is -2.10. The van der Waals surface area contributed by atoms with Gasteiger partial charge in [-0.1, -0.05) is 18.2 Å². The third-order valence-electron chi connectivity index (χ3n) is 1.96. The maximum atomic E-state index is 5.66. The topological polar surface area (TPSA) is 9.23 Å². The molecule has 13 heavy (non-hydrogen) atoms. The number of benzene rings is 1. The Morgan fingerprint density at radius 1 is 1.23 bits per heavy atom. The van der Waals surface area contributed by atoms with Crippen molar-refractivity contribution in [3.05, 3.63) is 29.3 Å². The van der Waals surface area contributed by atoms with Crippen LogP contribution in [0.3, 0.4) is 0 Å². The van der Waals surface area contributed by atoms with E-state index >= 15 is 0 Å². The van der Waals surface area contributed by atoms with E-state index in [2.05, 4.69) is 44.7 Å². The van der Waals surface area contributed by atoms with Gasteiger partial charge in [0, 0.05) is 0 Å². The Labute approximate surface area is 85.5 Å². The minimum Gasteiger partial charge on any atom is -0.493 e. The molecule has 0 spiro atoms. The maximum absolute atomic E-state index is 5.66. The Bertz CT molecular complexity index is 251. The van der Waals surface area contributed by atoms with E-state index in [1.165, 1.54) is 11.1 Å². The second kappa shape index (κ2) is 5.18. The van der Waals surface area contributed by atoms with Crippen molar-refractivity contribution in [2.45, 2.75) is 20.3 Å². The average molecular weight is 196 g/mol. The highest BCUT2D eigenvalue weighted by Crippen LogP contribution is 2.22. The number of para-hydroxylation sites is 1. The Kier molecular flexibility index (Phi) is 4.16. The highest BCUT2D eigenvalue weighted by Gasteiger charge is 2.01. The molecule has 0 aliphatic heterocycles. The maximum Gasteiger partial charge on any atom is 0.125 e. The fraction of sp³-hybridized carbons (Fsp3) is 0.455. The molecule has 0 saturated carbocycles. The lowest BCUT2D eigenvalue weighted by atomic mass is 10.1. The van der Waals surface area contributed by atoms with Crippen LogP contribution in [0, 0.1) is 13.8 Å². The van der Waals surface area contributed by atoms with Gasteiger partial charge in [-0.2, -0.15) is 12.6 Å². The van der Waals surface area contributed by atoms with Crippen LogP contribution in [-0.4, -0.2) is 12.4 Å². The van der Waals surface area contributed by atoms with Gasteiger partial charge < -0.3 is 4.74 Å². The Morgan fingerprint density at radius 3 is 2.38 bits per heavy atom. The minimum atomic E-state index is 0.759. The second-order valence-corrected chi connectivity index (χ2v) is 3.59. The molecule has 1 rings (SSSR count). The molecule has 1 nitrogen and oxygen atoms in total. The molecule has 0 N–H and O–H groups in total. The minimum absolute atomic E-state index is 0.759. The zero-order chi connectivity index (χ0) is 9.68. The predicted octanol–water partition coefficient (Wildman–Crippen LogP) is 3.00. The summed E-state index contributed by atoms with van der Waals surface area (Å²) in [6.07, 6.45) is 0.997. The van der Waals surface area contributed by atoms with Gasteiger partial charge in [0.25, 0.3) is 0 Å². The number of aryl methyl sites for hydroxylation is 2. The molecule has 0 aromatic heterocycles. The molecule has 1 aromatic rings. The SMILES string of the molecule is Cc1cccc(C)c1OCCCS. The van der Waals surface area contributed by atoms with E-state index in [1.54, 1.807) is 0 Å². The van der Waals surface area contributed by atoms with Crippen LogP contribution in [0.4, 0.5) is 0 Å². The van der Waals surface area contributed by atoms with Gasteiger partial charge in [0.15, 0.2) is 0 Å². The molecule has 0 atom stereocenters.